The second-order valence-corrected chi connectivity index (χ2v) is 7.77. The molecule has 25 heavy (non-hydrogen) atoms. The molecule has 0 aliphatic rings. The first kappa shape index (κ1) is 19.8. The predicted molar refractivity (Wildman–Crippen MR) is 107 cm³/mol. The first-order valence-corrected chi connectivity index (χ1v) is 9.73. The Hall–Kier alpha value is -1.50. The maximum atomic E-state index is 12.2. The molecular formula is C19H23BrN2O2S. The molecule has 0 spiro atoms. The van der Waals surface area contributed by atoms with E-state index in [1.807, 2.05) is 56.6 Å². The Bertz CT molecular complexity index is 692. The Balaban J connectivity index is 1.89. The summed E-state index contributed by atoms with van der Waals surface area (Å²) in [5.41, 5.74) is 1.12. The lowest BCUT2D eigenvalue weighted by atomic mass is 10.1. The molecule has 0 saturated carbocycles. The minimum Gasteiger partial charge on any atom is -0.497 e. The summed E-state index contributed by atoms with van der Waals surface area (Å²) >= 11 is 4.94. The van der Waals surface area contributed by atoms with Crippen LogP contribution in [-0.4, -0.2) is 44.3 Å². The van der Waals surface area contributed by atoms with Crippen molar-refractivity contribution in [1.82, 2.24) is 10.2 Å². The average molecular weight is 423 g/mol. The van der Waals surface area contributed by atoms with Crippen molar-refractivity contribution in [3.05, 3.63) is 58.6 Å². The standard InChI is InChI=1S/C19H23BrN2O2S/c1-22(2)18(14-5-4-6-16(11-14)24-3)12-21-19(23)13-25-17-9-7-15(20)8-10-17/h4-11,18H,12-13H2,1-3H3,(H,21,23). The Labute approximate surface area is 162 Å². The molecule has 1 N–H and O–H groups in total. The summed E-state index contributed by atoms with van der Waals surface area (Å²) in [7, 11) is 5.67. The molecule has 2 aromatic carbocycles. The molecule has 1 amide bonds. The van der Waals surface area contributed by atoms with Crippen molar-refractivity contribution < 1.29 is 9.53 Å². The number of hydrogen-bond donors (Lipinski definition) is 1. The van der Waals surface area contributed by atoms with Gasteiger partial charge in [0.1, 0.15) is 5.75 Å². The van der Waals surface area contributed by atoms with Crippen LogP contribution in [0.2, 0.25) is 0 Å². The van der Waals surface area contributed by atoms with Gasteiger partial charge in [0.05, 0.1) is 18.9 Å². The van der Waals surface area contributed by atoms with Crippen molar-refractivity contribution in [2.45, 2.75) is 10.9 Å². The lowest BCUT2D eigenvalue weighted by molar-refractivity contribution is -0.118. The molecule has 0 aliphatic carbocycles. The molecule has 0 aliphatic heterocycles. The molecule has 0 aromatic heterocycles. The lowest BCUT2D eigenvalue weighted by Gasteiger charge is -2.25. The highest BCUT2D eigenvalue weighted by Gasteiger charge is 2.16. The van der Waals surface area contributed by atoms with Crippen LogP contribution < -0.4 is 10.1 Å². The maximum Gasteiger partial charge on any atom is 0.230 e. The van der Waals surface area contributed by atoms with Gasteiger partial charge in [-0.1, -0.05) is 28.1 Å². The van der Waals surface area contributed by atoms with Crippen LogP contribution in [0.5, 0.6) is 5.75 Å². The van der Waals surface area contributed by atoms with Gasteiger partial charge in [0, 0.05) is 15.9 Å². The fraction of sp³-hybridized carbons (Fsp3) is 0.316. The highest BCUT2D eigenvalue weighted by Crippen LogP contribution is 2.23. The van der Waals surface area contributed by atoms with E-state index in [4.69, 9.17) is 4.74 Å². The zero-order chi connectivity index (χ0) is 18.2. The summed E-state index contributed by atoms with van der Waals surface area (Å²) in [5.74, 6) is 1.25. The van der Waals surface area contributed by atoms with Crippen LogP contribution in [0.4, 0.5) is 0 Å². The van der Waals surface area contributed by atoms with Crippen LogP contribution in [0, 0.1) is 0 Å². The van der Waals surface area contributed by atoms with Crippen LogP contribution in [0.3, 0.4) is 0 Å². The van der Waals surface area contributed by atoms with E-state index in [0.717, 1.165) is 20.7 Å². The van der Waals surface area contributed by atoms with E-state index in [-0.39, 0.29) is 11.9 Å². The number of benzene rings is 2. The van der Waals surface area contributed by atoms with Crippen LogP contribution in [-0.2, 0) is 4.79 Å². The molecule has 0 fully saturated rings. The van der Waals surface area contributed by atoms with Gasteiger partial charge in [-0.05, 0) is 56.1 Å². The van der Waals surface area contributed by atoms with Gasteiger partial charge in [-0.3, -0.25) is 4.79 Å². The average Bonchev–Trinajstić information content (AvgIpc) is 2.61. The van der Waals surface area contributed by atoms with E-state index in [1.165, 1.54) is 11.8 Å². The molecular weight excluding hydrogens is 400 g/mol. The smallest absolute Gasteiger partial charge is 0.230 e. The molecule has 2 aromatic rings. The highest BCUT2D eigenvalue weighted by molar-refractivity contribution is 9.10. The van der Waals surface area contributed by atoms with E-state index in [1.54, 1.807) is 7.11 Å². The second kappa shape index (κ2) is 9.85. The predicted octanol–water partition coefficient (Wildman–Crippen LogP) is 3.97. The SMILES string of the molecule is COc1cccc(C(CNC(=O)CSc2ccc(Br)cc2)N(C)C)c1. The first-order valence-electron chi connectivity index (χ1n) is 7.95. The molecule has 0 radical (unpaired) electrons. The summed E-state index contributed by atoms with van der Waals surface area (Å²) in [6, 6.07) is 16.0. The number of hydrogen-bond acceptors (Lipinski definition) is 4. The van der Waals surface area contributed by atoms with Crippen molar-refractivity contribution >= 4 is 33.6 Å². The maximum absolute atomic E-state index is 12.2. The number of methoxy groups -OCH3 is 1. The molecule has 1 atom stereocenters. The number of nitrogens with one attached hydrogen (secondary N) is 1. The van der Waals surface area contributed by atoms with Gasteiger partial charge in [0.15, 0.2) is 0 Å². The molecule has 6 heteroatoms. The third kappa shape index (κ3) is 6.38. The number of ether oxygens (including phenoxy) is 1. The topological polar surface area (TPSA) is 41.6 Å². The molecule has 0 saturated heterocycles. The Morgan fingerprint density at radius 2 is 1.96 bits per heavy atom. The number of amides is 1. The van der Waals surface area contributed by atoms with E-state index in [2.05, 4.69) is 32.2 Å². The quantitative estimate of drug-likeness (QED) is 0.653. The van der Waals surface area contributed by atoms with Gasteiger partial charge in [-0.15, -0.1) is 11.8 Å². The highest BCUT2D eigenvalue weighted by atomic mass is 79.9. The Morgan fingerprint density at radius 1 is 1.24 bits per heavy atom. The number of rotatable bonds is 8. The van der Waals surface area contributed by atoms with Crippen molar-refractivity contribution in [1.29, 1.82) is 0 Å². The Kier molecular flexibility index (Phi) is 7.81. The fourth-order valence-corrected chi connectivity index (χ4v) is 3.38. The van der Waals surface area contributed by atoms with Gasteiger partial charge in [0.25, 0.3) is 0 Å². The summed E-state index contributed by atoms with van der Waals surface area (Å²) < 4.78 is 6.33. The number of likely N-dealkylation sites (N-methyl/N-ethyl adjacent to an activating group) is 1. The third-order valence-electron chi connectivity index (χ3n) is 3.78. The van der Waals surface area contributed by atoms with Crippen molar-refractivity contribution in [3.8, 4) is 5.75 Å². The zero-order valence-electron chi connectivity index (χ0n) is 14.7. The van der Waals surface area contributed by atoms with Crippen molar-refractivity contribution in [2.24, 2.45) is 0 Å². The number of thioether (sulfide) groups is 1. The molecule has 4 nitrogen and oxygen atoms in total. The van der Waals surface area contributed by atoms with Gasteiger partial charge in [-0.2, -0.15) is 0 Å². The molecule has 1 unspecified atom stereocenters. The lowest BCUT2D eigenvalue weighted by Crippen LogP contribution is -2.35. The van der Waals surface area contributed by atoms with Gasteiger partial charge in [0.2, 0.25) is 5.91 Å². The fourth-order valence-electron chi connectivity index (χ4n) is 2.39. The van der Waals surface area contributed by atoms with Crippen LogP contribution in [0.1, 0.15) is 11.6 Å². The third-order valence-corrected chi connectivity index (χ3v) is 5.32. The Morgan fingerprint density at radius 3 is 2.60 bits per heavy atom. The van der Waals surface area contributed by atoms with E-state index in [0.29, 0.717) is 12.3 Å². The van der Waals surface area contributed by atoms with E-state index < -0.39 is 0 Å². The van der Waals surface area contributed by atoms with E-state index in [9.17, 15) is 4.79 Å². The summed E-state index contributed by atoms with van der Waals surface area (Å²) in [6.45, 7) is 0.555. The number of carbonyl (C=O) groups excluding carboxylic acids is 1. The first-order chi connectivity index (χ1) is 12.0. The number of carbonyl (C=O) groups is 1. The molecule has 134 valence electrons. The second-order valence-electron chi connectivity index (χ2n) is 5.80. The number of nitrogens with zero attached hydrogens (tertiary/aromatic N) is 1. The van der Waals surface area contributed by atoms with Gasteiger partial charge < -0.3 is 15.0 Å². The molecule has 0 bridgehead atoms. The zero-order valence-corrected chi connectivity index (χ0v) is 17.1. The van der Waals surface area contributed by atoms with Crippen LogP contribution >= 0.6 is 27.7 Å². The normalized spacial score (nSPS) is 12.0. The van der Waals surface area contributed by atoms with Crippen molar-refractivity contribution in [2.75, 3.05) is 33.5 Å². The monoisotopic (exact) mass is 422 g/mol. The van der Waals surface area contributed by atoms with Gasteiger partial charge >= 0.3 is 0 Å². The summed E-state index contributed by atoms with van der Waals surface area (Å²) in [5, 5.41) is 3.03. The van der Waals surface area contributed by atoms with Crippen LogP contribution in [0.15, 0.2) is 57.9 Å². The molecule has 2 rings (SSSR count). The minimum absolute atomic E-state index is 0.0302. The number of halogens is 1. The summed E-state index contributed by atoms with van der Waals surface area (Å²) in [6.07, 6.45) is 0. The molecule has 0 heterocycles. The summed E-state index contributed by atoms with van der Waals surface area (Å²) in [4.78, 5) is 15.4. The largest absolute Gasteiger partial charge is 0.497 e. The van der Waals surface area contributed by atoms with E-state index >= 15 is 0 Å². The van der Waals surface area contributed by atoms with Gasteiger partial charge in [-0.25, -0.2) is 0 Å². The van der Waals surface area contributed by atoms with Crippen molar-refractivity contribution in [3.63, 3.8) is 0 Å². The van der Waals surface area contributed by atoms with Crippen LogP contribution in [0.25, 0.3) is 0 Å². The minimum atomic E-state index is 0.0302.